The monoisotopic (exact) mass is 490 g/mol. The number of piperidine rings is 1. The number of carbonyl (C=O) groups is 1. The molecule has 3 heterocycles. The smallest absolute Gasteiger partial charge is 0.270 e. The van der Waals surface area contributed by atoms with Crippen molar-refractivity contribution in [2.45, 2.75) is 24.3 Å². The Kier molecular flexibility index (Phi) is 6.69. The first-order chi connectivity index (χ1) is 16.6. The number of H-pyrrole nitrogens is 1. The Morgan fingerprint density at radius 3 is 2.76 bits per heavy atom. The van der Waals surface area contributed by atoms with Gasteiger partial charge >= 0.3 is 0 Å². The Hall–Kier alpha value is -3.10. The molecule has 0 aliphatic carbocycles. The molecule has 1 amide bonds. The lowest BCUT2D eigenvalue weighted by Gasteiger charge is -2.32. The Morgan fingerprint density at radius 1 is 1.21 bits per heavy atom. The Labute approximate surface area is 206 Å². The molecule has 6 nitrogen and oxygen atoms in total. The van der Waals surface area contributed by atoms with E-state index in [0.717, 1.165) is 41.6 Å². The van der Waals surface area contributed by atoms with Crippen LogP contribution in [0.4, 0.5) is 5.95 Å². The molecule has 1 fully saturated rings. The van der Waals surface area contributed by atoms with Crippen LogP contribution >= 0.6 is 23.1 Å². The summed E-state index contributed by atoms with van der Waals surface area (Å²) in [6.45, 7) is 1.82. The molecule has 174 valence electrons. The van der Waals surface area contributed by atoms with Gasteiger partial charge < -0.3 is 10.2 Å². The third-order valence-corrected chi connectivity index (χ3v) is 7.93. The molecule has 2 aromatic heterocycles. The van der Waals surface area contributed by atoms with Gasteiger partial charge in [-0.05, 0) is 42.4 Å². The van der Waals surface area contributed by atoms with Crippen LogP contribution in [-0.2, 0) is 11.3 Å². The number of anilines is 1. The molecule has 0 radical (unpaired) electrons. The number of hydrogen-bond acceptors (Lipinski definition) is 6. The molecule has 1 atom stereocenters. The van der Waals surface area contributed by atoms with E-state index in [1.54, 1.807) is 11.8 Å². The normalized spacial score (nSPS) is 16.0. The lowest BCUT2D eigenvalue weighted by atomic mass is 9.97. The van der Waals surface area contributed by atoms with Crippen molar-refractivity contribution in [2.24, 2.45) is 5.92 Å². The standard InChI is InChI=1S/C26H26N4O2S2/c1-33-20-11-9-17(10-12-20)14-27-24(31)19-8-5-13-30(15-19)26-28-22-21(18-6-3-2-4-7-18)16-34-23(22)25(32)29-26/h2-4,6-7,9-12,16,19H,5,8,13-15H2,1H3,(H,27,31)(H,28,29,32)/t19-/m1/s1. The van der Waals surface area contributed by atoms with Gasteiger partial charge in [-0.3, -0.25) is 14.6 Å². The number of thioether (sulfide) groups is 1. The topological polar surface area (TPSA) is 78.1 Å². The van der Waals surface area contributed by atoms with Gasteiger partial charge in [0.1, 0.15) is 4.70 Å². The second-order valence-electron chi connectivity index (χ2n) is 8.43. The van der Waals surface area contributed by atoms with Crippen molar-refractivity contribution >= 4 is 45.2 Å². The van der Waals surface area contributed by atoms with E-state index < -0.39 is 0 Å². The average molecular weight is 491 g/mol. The van der Waals surface area contributed by atoms with E-state index in [1.165, 1.54) is 16.2 Å². The average Bonchev–Trinajstić information content (AvgIpc) is 3.33. The van der Waals surface area contributed by atoms with Crippen LogP contribution in [0.25, 0.3) is 21.3 Å². The van der Waals surface area contributed by atoms with E-state index in [1.807, 2.05) is 59.0 Å². The largest absolute Gasteiger partial charge is 0.352 e. The molecule has 34 heavy (non-hydrogen) atoms. The zero-order valence-electron chi connectivity index (χ0n) is 18.9. The van der Waals surface area contributed by atoms with Crippen molar-refractivity contribution in [3.05, 3.63) is 75.9 Å². The summed E-state index contributed by atoms with van der Waals surface area (Å²) >= 11 is 3.11. The zero-order valence-corrected chi connectivity index (χ0v) is 20.5. The fraction of sp³-hybridized carbons (Fsp3) is 0.269. The van der Waals surface area contributed by atoms with E-state index in [2.05, 4.69) is 22.4 Å². The third kappa shape index (κ3) is 4.74. The van der Waals surface area contributed by atoms with E-state index in [9.17, 15) is 9.59 Å². The van der Waals surface area contributed by atoms with Crippen LogP contribution in [0.3, 0.4) is 0 Å². The summed E-state index contributed by atoms with van der Waals surface area (Å²) in [5, 5.41) is 5.07. The van der Waals surface area contributed by atoms with Gasteiger partial charge in [0, 0.05) is 35.5 Å². The number of nitrogens with one attached hydrogen (secondary N) is 2. The maximum Gasteiger partial charge on any atom is 0.270 e. The summed E-state index contributed by atoms with van der Waals surface area (Å²) in [6, 6.07) is 18.2. The summed E-state index contributed by atoms with van der Waals surface area (Å²) < 4.78 is 0.626. The maximum absolute atomic E-state index is 12.9. The molecule has 1 aliphatic heterocycles. The quantitative estimate of drug-likeness (QED) is 0.376. The summed E-state index contributed by atoms with van der Waals surface area (Å²) in [7, 11) is 0. The van der Waals surface area contributed by atoms with Gasteiger partial charge in [0.05, 0.1) is 11.4 Å². The summed E-state index contributed by atoms with van der Waals surface area (Å²) in [5.74, 6) is 0.442. The molecule has 1 saturated heterocycles. The fourth-order valence-corrected chi connectivity index (χ4v) is 5.67. The highest BCUT2D eigenvalue weighted by Gasteiger charge is 2.27. The summed E-state index contributed by atoms with van der Waals surface area (Å²) in [5.41, 5.74) is 3.68. The van der Waals surface area contributed by atoms with Gasteiger partial charge in [-0.1, -0.05) is 42.5 Å². The first kappa shape index (κ1) is 22.7. The van der Waals surface area contributed by atoms with Gasteiger partial charge in [-0.2, -0.15) is 0 Å². The summed E-state index contributed by atoms with van der Waals surface area (Å²) in [4.78, 5) is 36.8. The van der Waals surface area contributed by atoms with Crippen LogP contribution in [-0.4, -0.2) is 35.2 Å². The number of amides is 1. The molecular weight excluding hydrogens is 464 g/mol. The lowest BCUT2D eigenvalue weighted by Crippen LogP contribution is -2.44. The van der Waals surface area contributed by atoms with Crippen LogP contribution in [0.5, 0.6) is 0 Å². The highest BCUT2D eigenvalue weighted by molar-refractivity contribution is 7.98. The van der Waals surface area contributed by atoms with Crippen molar-refractivity contribution in [2.75, 3.05) is 24.2 Å². The number of rotatable bonds is 6. The molecule has 0 bridgehead atoms. The van der Waals surface area contributed by atoms with Crippen molar-refractivity contribution < 1.29 is 4.79 Å². The van der Waals surface area contributed by atoms with E-state index in [-0.39, 0.29) is 17.4 Å². The fourth-order valence-electron chi connectivity index (χ4n) is 4.35. The first-order valence-electron chi connectivity index (χ1n) is 11.3. The van der Waals surface area contributed by atoms with Gasteiger partial charge in [-0.15, -0.1) is 23.1 Å². The molecule has 5 rings (SSSR count). The molecule has 8 heteroatoms. The molecule has 0 unspecified atom stereocenters. The predicted octanol–water partition coefficient (Wildman–Crippen LogP) is 4.91. The van der Waals surface area contributed by atoms with Crippen molar-refractivity contribution in [3.8, 4) is 11.1 Å². The number of hydrogen-bond donors (Lipinski definition) is 2. The number of nitrogens with zero attached hydrogens (tertiary/aromatic N) is 2. The SMILES string of the molecule is CSc1ccc(CNC(=O)[C@@H]2CCCN(c3nc4c(-c5ccccc5)csc4c(=O)[nH]3)C2)cc1. The minimum atomic E-state index is -0.142. The number of aromatic nitrogens is 2. The third-order valence-electron chi connectivity index (χ3n) is 6.22. The summed E-state index contributed by atoms with van der Waals surface area (Å²) in [6.07, 6.45) is 3.75. The van der Waals surface area contributed by atoms with Crippen LogP contribution in [0, 0.1) is 5.92 Å². The number of thiophene rings is 1. The lowest BCUT2D eigenvalue weighted by molar-refractivity contribution is -0.125. The molecule has 0 spiro atoms. The number of aromatic amines is 1. The van der Waals surface area contributed by atoms with Gasteiger partial charge in [-0.25, -0.2) is 4.98 Å². The number of fused-ring (bicyclic) bond motifs is 1. The van der Waals surface area contributed by atoms with Crippen LogP contribution in [0.15, 0.2) is 69.7 Å². The van der Waals surface area contributed by atoms with Gasteiger partial charge in [0.25, 0.3) is 5.56 Å². The van der Waals surface area contributed by atoms with Crippen molar-refractivity contribution in [1.29, 1.82) is 0 Å². The Balaban J connectivity index is 1.32. The Morgan fingerprint density at radius 2 is 2.00 bits per heavy atom. The molecular formula is C26H26N4O2S2. The minimum absolute atomic E-state index is 0.0441. The molecule has 1 aliphatic rings. The molecule has 2 N–H and O–H groups in total. The number of carbonyl (C=O) groups excluding carboxylic acids is 1. The Bertz CT molecular complexity index is 1350. The second kappa shape index (κ2) is 10.0. The minimum Gasteiger partial charge on any atom is -0.352 e. The van der Waals surface area contributed by atoms with Crippen LogP contribution < -0.4 is 15.8 Å². The van der Waals surface area contributed by atoms with E-state index in [0.29, 0.717) is 23.7 Å². The van der Waals surface area contributed by atoms with Crippen LogP contribution in [0.1, 0.15) is 18.4 Å². The van der Waals surface area contributed by atoms with E-state index >= 15 is 0 Å². The maximum atomic E-state index is 12.9. The second-order valence-corrected chi connectivity index (χ2v) is 10.2. The van der Waals surface area contributed by atoms with Crippen LogP contribution in [0.2, 0.25) is 0 Å². The van der Waals surface area contributed by atoms with Crippen molar-refractivity contribution in [1.82, 2.24) is 15.3 Å². The zero-order chi connectivity index (χ0) is 23.5. The van der Waals surface area contributed by atoms with Gasteiger partial charge in [0.15, 0.2) is 0 Å². The highest BCUT2D eigenvalue weighted by atomic mass is 32.2. The highest BCUT2D eigenvalue weighted by Crippen LogP contribution is 2.32. The molecule has 4 aromatic rings. The predicted molar refractivity (Wildman–Crippen MR) is 141 cm³/mol. The first-order valence-corrected chi connectivity index (χ1v) is 13.5. The molecule has 2 aromatic carbocycles. The van der Waals surface area contributed by atoms with Gasteiger partial charge in [0.2, 0.25) is 11.9 Å². The van der Waals surface area contributed by atoms with Crippen molar-refractivity contribution in [3.63, 3.8) is 0 Å². The van der Waals surface area contributed by atoms with E-state index in [4.69, 9.17) is 4.98 Å². The molecule has 0 saturated carbocycles. The number of benzene rings is 2.